The topological polar surface area (TPSA) is 107 Å². The molecule has 0 bridgehead atoms. The Morgan fingerprint density at radius 3 is 1.42 bits per heavy atom. The molecule has 0 aromatic heterocycles. The summed E-state index contributed by atoms with van der Waals surface area (Å²) in [5, 5.41) is 0. The van der Waals surface area contributed by atoms with Gasteiger partial charge in [0.1, 0.15) is 0 Å². The maximum absolute atomic E-state index is 11.4. The Labute approximate surface area is 213 Å². The van der Waals surface area contributed by atoms with Gasteiger partial charge in [-0.3, -0.25) is 14.1 Å². The number of esters is 1. The van der Waals surface area contributed by atoms with Crippen molar-refractivity contribution >= 4 is 22.3 Å². The molecule has 180 valence electrons. The van der Waals surface area contributed by atoms with E-state index in [1.165, 1.54) is 83.5 Å². The Morgan fingerprint density at radius 1 is 0.677 bits per heavy atom. The number of rotatable bonds is 21. The van der Waals surface area contributed by atoms with Crippen LogP contribution in [0.3, 0.4) is 0 Å². The molecular weight excluding hydrogens is 431 g/mol. The van der Waals surface area contributed by atoms with E-state index in [4.69, 9.17) is 9.29 Å². The zero-order valence-electron chi connectivity index (χ0n) is 20.7. The van der Waals surface area contributed by atoms with Crippen molar-refractivity contribution in [3.63, 3.8) is 0 Å². The van der Waals surface area contributed by atoms with Gasteiger partial charge in [0.15, 0.2) is 0 Å². The molecule has 0 aliphatic heterocycles. The Morgan fingerprint density at radius 2 is 1.03 bits per heavy atom. The molecular formula is C22H43NaO7S. The molecule has 0 radical (unpaired) electrons. The molecule has 0 rings (SSSR count). The summed E-state index contributed by atoms with van der Waals surface area (Å²) < 4.78 is 37.7. The number of ether oxygens (including phenoxy) is 1. The van der Waals surface area contributed by atoms with Gasteiger partial charge in [-0.05, 0) is 6.42 Å². The normalized spacial score (nSPS) is 11.0. The van der Waals surface area contributed by atoms with Crippen LogP contribution in [0.15, 0.2) is 0 Å². The average Bonchev–Trinajstić information content (AvgIpc) is 2.67. The standard InChI is InChI=1S/C22H42O7S.Na.H/c1-2-3-4-5-6-7-8-9-10-11-12-13-14-15-16-17-20-28-21(23)18-19-22(24)29-30(25,26)27;;/h2-20H2,1H3,(H,25,26,27);;/q;+1;-1. The summed E-state index contributed by atoms with van der Waals surface area (Å²) in [7, 11) is -4.82. The van der Waals surface area contributed by atoms with Gasteiger partial charge >= 0.3 is 51.9 Å². The molecule has 0 saturated heterocycles. The molecule has 0 atom stereocenters. The molecule has 0 saturated carbocycles. The van der Waals surface area contributed by atoms with E-state index in [1.807, 2.05) is 0 Å². The van der Waals surface area contributed by atoms with Gasteiger partial charge in [-0.15, -0.1) is 0 Å². The van der Waals surface area contributed by atoms with Crippen LogP contribution in [-0.4, -0.2) is 31.5 Å². The second-order valence-corrected chi connectivity index (χ2v) is 8.93. The summed E-state index contributed by atoms with van der Waals surface area (Å²) in [6, 6.07) is 0. The van der Waals surface area contributed by atoms with Crippen LogP contribution >= 0.6 is 0 Å². The molecule has 0 aliphatic rings. The van der Waals surface area contributed by atoms with Crippen molar-refractivity contribution in [3.8, 4) is 0 Å². The minimum atomic E-state index is -4.82. The van der Waals surface area contributed by atoms with Crippen LogP contribution in [0.25, 0.3) is 0 Å². The Kier molecular flexibility index (Phi) is 24.5. The van der Waals surface area contributed by atoms with Gasteiger partial charge in [0, 0.05) is 0 Å². The summed E-state index contributed by atoms with van der Waals surface area (Å²) in [5.74, 6) is -1.76. The minimum Gasteiger partial charge on any atom is -1.00 e. The van der Waals surface area contributed by atoms with Gasteiger partial charge in [0.25, 0.3) is 0 Å². The zero-order valence-corrected chi connectivity index (χ0v) is 22.6. The Bertz CT molecular complexity index is 544. The van der Waals surface area contributed by atoms with Crippen LogP contribution in [0.4, 0.5) is 0 Å². The van der Waals surface area contributed by atoms with E-state index in [1.54, 1.807) is 0 Å². The molecule has 9 heteroatoms. The zero-order chi connectivity index (χ0) is 22.5. The van der Waals surface area contributed by atoms with Crippen molar-refractivity contribution in [1.82, 2.24) is 0 Å². The number of hydrogen-bond acceptors (Lipinski definition) is 6. The number of carbonyl (C=O) groups excluding carboxylic acids is 2. The molecule has 7 nitrogen and oxygen atoms in total. The fraction of sp³-hybridized carbons (Fsp3) is 0.909. The molecule has 1 N–H and O–H groups in total. The van der Waals surface area contributed by atoms with E-state index in [2.05, 4.69) is 11.1 Å². The summed E-state index contributed by atoms with van der Waals surface area (Å²) >= 11 is 0. The van der Waals surface area contributed by atoms with Gasteiger partial charge in [-0.1, -0.05) is 103 Å². The van der Waals surface area contributed by atoms with Crippen LogP contribution < -0.4 is 29.6 Å². The summed E-state index contributed by atoms with van der Waals surface area (Å²) in [5.41, 5.74) is 0. The smallest absolute Gasteiger partial charge is 1.00 e. The predicted molar refractivity (Wildman–Crippen MR) is 118 cm³/mol. The fourth-order valence-corrected chi connectivity index (χ4v) is 3.59. The minimum absolute atomic E-state index is 0. The first-order valence-corrected chi connectivity index (χ1v) is 13.1. The number of carbonyl (C=O) groups is 2. The van der Waals surface area contributed by atoms with Gasteiger partial charge in [-0.25, -0.2) is 0 Å². The van der Waals surface area contributed by atoms with E-state index >= 15 is 0 Å². The molecule has 0 aromatic rings. The monoisotopic (exact) mass is 474 g/mol. The van der Waals surface area contributed by atoms with E-state index in [9.17, 15) is 18.0 Å². The predicted octanol–water partition coefficient (Wildman–Crippen LogP) is 3.03. The SMILES string of the molecule is CCCCCCCCCCCCCCCCCCOC(=O)CCC(=O)OS(=O)(=O)O.[H-].[Na+]. The van der Waals surface area contributed by atoms with Crippen molar-refractivity contribution in [2.75, 3.05) is 6.61 Å². The van der Waals surface area contributed by atoms with Gasteiger partial charge < -0.3 is 10.3 Å². The summed E-state index contributed by atoms with van der Waals surface area (Å²) in [4.78, 5) is 22.5. The first-order chi connectivity index (χ1) is 14.3. The summed E-state index contributed by atoms with van der Waals surface area (Å²) in [6.45, 7) is 2.55. The van der Waals surface area contributed by atoms with Crippen molar-refractivity contribution in [2.45, 2.75) is 122 Å². The van der Waals surface area contributed by atoms with Crippen LogP contribution in [0, 0.1) is 0 Å². The van der Waals surface area contributed by atoms with Crippen molar-refractivity contribution in [2.24, 2.45) is 0 Å². The van der Waals surface area contributed by atoms with E-state index < -0.39 is 28.8 Å². The third-order valence-corrected chi connectivity index (χ3v) is 5.39. The van der Waals surface area contributed by atoms with Gasteiger partial charge in [0.05, 0.1) is 19.4 Å². The van der Waals surface area contributed by atoms with Crippen LogP contribution in [0.1, 0.15) is 124 Å². The molecule has 0 amide bonds. The van der Waals surface area contributed by atoms with Crippen molar-refractivity contribution < 1.29 is 62.5 Å². The Hall–Kier alpha value is -0.150. The van der Waals surface area contributed by atoms with Crippen LogP contribution in [-0.2, 0) is 28.9 Å². The van der Waals surface area contributed by atoms with Gasteiger partial charge in [0.2, 0.25) is 0 Å². The number of hydrogen-bond donors (Lipinski definition) is 1. The van der Waals surface area contributed by atoms with Crippen molar-refractivity contribution in [3.05, 3.63) is 0 Å². The number of unbranched alkanes of at least 4 members (excludes halogenated alkanes) is 15. The molecule has 0 heterocycles. The fourth-order valence-electron chi connectivity index (χ4n) is 3.27. The Balaban J connectivity index is -0.00000420. The van der Waals surface area contributed by atoms with Crippen LogP contribution in [0.5, 0.6) is 0 Å². The van der Waals surface area contributed by atoms with E-state index in [0.29, 0.717) is 6.61 Å². The van der Waals surface area contributed by atoms with Gasteiger partial charge in [-0.2, -0.15) is 8.42 Å². The molecule has 0 aliphatic carbocycles. The first kappa shape index (κ1) is 33.0. The average molecular weight is 475 g/mol. The molecule has 0 unspecified atom stereocenters. The van der Waals surface area contributed by atoms with Crippen molar-refractivity contribution in [1.29, 1.82) is 0 Å². The second kappa shape index (κ2) is 23.0. The third kappa shape index (κ3) is 27.8. The first-order valence-electron chi connectivity index (χ1n) is 11.7. The van der Waals surface area contributed by atoms with E-state index in [-0.39, 0.29) is 37.4 Å². The second-order valence-electron chi connectivity index (χ2n) is 7.91. The third-order valence-electron chi connectivity index (χ3n) is 4.99. The summed E-state index contributed by atoms with van der Waals surface area (Å²) in [6.07, 6.45) is 19.6. The van der Waals surface area contributed by atoms with Crippen LogP contribution in [0.2, 0.25) is 0 Å². The largest absolute Gasteiger partial charge is 1.00 e. The maximum atomic E-state index is 11.4. The maximum Gasteiger partial charge on any atom is 1.00 e. The quantitative estimate of drug-likeness (QED) is 0.118. The molecule has 0 fully saturated rings. The van der Waals surface area contributed by atoms with E-state index in [0.717, 1.165) is 19.3 Å². The molecule has 0 spiro atoms. The molecule has 31 heavy (non-hydrogen) atoms. The molecule has 0 aromatic carbocycles.